The van der Waals surface area contributed by atoms with Gasteiger partial charge in [0, 0.05) is 0 Å². The lowest BCUT2D eigenvalue weighted by Crippen LogP contribution is -2.45. The summed E-state index contributed by atoms with van der Waals surface area (Å²) in [7, 11) is 0. The third-order valence-corrected chi connectivity index (χ3v) is 8.32. The van der Waals surface area contributed by atoms with Crippen LogP contribution in [0.5, 0.6) is 0 Å². The molecule has 0 spiro atoms. The fourth-order valence-electron chi connectivity index (χ4n) is 5.51. The molecule has 0 fully saturated rings. The minimum Gasteiger partial charge on any atom is -0.394 e. The number of hydrogen-bond acceptors (Lipinski definition) is 4. The van der Waals surface area contributed by atoms with Crippen LogP contribution in [0.15, 0.2) is 12.2 Å². The Morgan fingerprint density at radius 3 is 1.41 bits per heavy atom. The quantitative estimate of drug-likeness (QED) is 0.0471. The predicted molar refractivity (Wildman–Crippen MR) is 176 cm³/mol. The van der Waals surface area contributed by atoms with Crippen LogP contribution in [0.4, 0.5) is 0 Å². The second kappa shape index (κ2) is 32.0. The minimum atomic E-state index is -0.922. The number of aliphatic hydroxyl groups excluding tert-OH is 3. The van der Waals surface area contributed by atoms with E-state index >= 15 is 0 Å². The summed E-state index contributed by atoms with van der Waals surface area (Å²) in [5.41, 5.74) is 0. The van der Waals surface area contributed by atoms with Crippen LogP contribution < -0.4 is 5.32 Å². The molecular weight excluding hydrogens is 510 g/mol. The first-order chi connectivity index (χ1) is 20.0. The molecule has 244 valence electrons. The number of rotatable bonds is 32. The molecule has 0 aliphatic rings. The van der Waals surface area contributed by atoms with Gasteiger partial charge in [-0.25, -0.2) is 0 Å². The van der Waals surface area contributed by atoms with E-state index in [0.717, 1.165) is 25.7 Å². The first kappa shape index (κ1) is 40.1. The van der Waals surface area contributed by atoms with Crippen molar-refractivity contribution in [2.24, 2.45) is 0 Å². The van der Waals surface area contributed by atoms with Gasteiger partial charge in [0.1, 0.15) is 0 Å². The Bertz CT molecular complexity index is 568. The largest absolute Gasteiger partial charge is 0.394 e. The average molecular weight is 582 g/mol. The molecule has 0 aromatic rings. The van der Waals surface area contributed by atoms with E-state index in [9.17, 15) is 20.1 Å². The van der Waals surface area contributed by atoms with Crippen LogP contribution in [0.2, 0.25) is 0 Å². The van der Waals surface area contributed by atoms with Crippen molar-refractivity contribution in [3.05, 3.63) is 12.2 Å². The van der Waals surface area contributed by atoms with Gasteiger partial charge in [-0.05, 0) is 19.3 Å². The van der Waals surface area contributed by atoms with Gasteiger partial charge in [-0.1, -0.05) is 174 Å². The Hall–Kier alpha value is -0.910. The van der Waals surface area contributed by atoms with E-state index in [2.05, 4.69) is 19.2 Å². The van der Waals surface area contributed by atoms with Crippen LogP contribution in [0.1, 0.15) is 187 Å². The maximum Gasteiger partial charge on any atom is 0.222 e. The number of amides is 1. The van der Waals surface area contributed by atoms with Crippen LogP contribution in [0.3, 0.4) is 0 Å². The lowest BCUT2D eigenvalue weighted by molar-refractivity contribution is -0.124. The molecule has 0 radical (unpaired) electrons. The Balaban J connectivity index is 3.73. The van der Waals surface area contributed by atoms with Crippen molar-refractivity contribution in [2.75, 3.05) is 6.61 Å². The Morgan fingerprint density at radius 1 is 0.610 bits per heavy atom. The van der Waals surface area contributed by atoms with Crippen molar-refractivity contribution in [2.45, 2.75) is 205 Å². The van der Waals surface area contributed by atoms with E-state index in [-0.39, 0.29) is 18.9 Å². The molecule has 5 heteroatoms. The molecule has 0 aliphatic heterocycles. The molecular formula is C36H71NO4. The summed E-state index contributed by atoms with van der Waals surface area (Å²) in [6.07, 6.45) is 34.8. The van der Waals surface area contributed by atoms with Gasteiger partial charge in [-0.2, -0.15) is 0 Å². The molecule has 0 saturated carbocycles. The van der Waals surface area contributed by atoms with Gasteiger partial charge in [-0.3, -0.25) is 4.79 Å². The molecule has 1 amide bonds. The van der Waals surface area contributed by atoms with E-state index in [0.29, 0.717) is 6.42 Å². The lowest BCUT2D eigenvalue weighted by atomic mass is 10.0. The molecule has 3 unspecified atom stereocenters. The summed E-state index contributed by atoms with van der Waals surface area (Å²) in [4.78, 5) is 12.3. The van der Waals surface area contributed by atoms with Gasteiger partial charge < -0.3 is 20.6 Å². The minimum absolute atomic E-state index is 0.0173. The number of aliphatic hydroxyl groups is 3. The molecule has 0 heterocycles. The third kappa shape index (κ3) is 29.0. The summed E-state index contributed by atoms with van der Waals surface area (Å²) in [6, 6.07) is -0.736. The summed E-state index contributed by atoms with van der Waals surface area (Å²) in [5.74, 6) is -0.317. The number of nitrogens with one attached hydrogen (secondary N) is 1. The average Bonchev–Trinajstić information content (AvgIpc) is 2.96. The predicted octanol–water partition coefficient (Wildman–Crippen LogP) is 9.31. The molecule has 0 saturated heterocycles. The molecule has 0 rings (SSSR count). The highest BCUT2D eigenvalue weighted by Crippen LogP contribution is 2.15. The molecule has 5 nitrogen and oxygen atoms in total. The Kier molecular flexibility index (Phi) is 31.3. The standard InChI is InChI=1S/C36H71NO4/c1-3-5-7-9-11-13-15-16-17-18-19-20-22-24-26-28-30-35(40)34(32-38)37-36(41)31-33(39)29-27-25-23-21-14-12-10-8-6-4-2/h28,30,33-35,38-40H,3-27,29,31-32H2,1-2H3,(H,37,41)/b30-28+. The summed E-state index contributed by atoms with van der Waals surface area (Å²) in [5, 5.41) is 33.0. The number of hydrogen-bond donors (Lipinski definition) is 4. The van der Waals surface area contributed by atoms with Gasteiger partial charge in [0.05, 0.1) is 31.3 Å². The molecule has 3 atom stereocenters. The highest BCUT2D eigenvalue weighted by atomic mass is 16.3. The van der Waals surface area contributed by atoms with Crippen molar-refractivity contribution >= 4 is 5.91 Å². The number of carbonyl (C=O) groups is 1. The van der Waals surface area contributed by atoms with Crippen LogP contribution in [0.25, 0.3) is 0 Å². The SMILES string of the molecule is CCCCCCCCCCCCCCCC/C=C/C(O)C(CO)NC(=O)CC(O)CCCCCCCCCCCC. The van der Waals surface area contributed by atoms with Gasteiger partial charge >= 0.3 is 0 Å². The van der Waals surface area contributed by atoms with Crippen LogP contribution in [0, 0.1) is 0 Å². The number of allylic oxidation sites excluding steroid dienone is 1. The summed E-state index contributed by atoms with van der Waals surface area (Å²) >= 11 is 0. The maximum atomic E-state index is 12.3. The van der Waals surface area contributed by atoms with E-state index < -0.39 is 18.2 Å². The van der Waals surface area contributed by atoms with E-state index in [1.54, 1.807) is 6.08 Å². The van der Waals surface area contributed by atoms with Crippen molar-refractivity contribution < 1.29 is 20.1 Å². The molecule has 0 bridgehead atoms. The van der Waals surface area contributed by atoms with Gasteiger partial charge in [0.2, 0.25) is 5.91 Å². The second-order valence-electron chi connectivity index (χ2n) is 12.5. The topological polar surface area (TPSA) is 89.8 Å². The number of unbranched alkanes of at least 4 members (excludes halogenated alkanes) is 23. The van der Waals surface area contributed by atoms with E-state index in [4.69, 9.17) is 0 Å². The van der Waals surface area contributed by atoms with Gasteiger partial charge in [0.15, 0.2) is 0 Å². The van der Waals surface area contributed by atoms with Crippen molar-refractivity contribution in [1.29, 1.82) is 0 Å². The molecule has 0 aliphatic carbocycles. The van der Waals surface area contributed by atoms with Crippen LogP contribution >= 0.6 is 0 Å². The summed E-state index contributed by atoms with van der Waals surface area (Å²) in [6.45, 7) is 4.18. The first-order valence-corrected chi connectivity index (χ1v) is 18.0. The van der Waals surface area contributed by atoms with Crippen molar-refractivity contribution in [1.82, 2.24) is 5.32 Å². The highest BCUT2D eigenvalue weighted by molar-refractivity contribution is 5.76. The fourth-order valence-corrected chi connectivity index (χ4v) is 5.51. The second-order valence-corrected chi connectivity index (χ2v) is 12.5. The molecule has 0 aromatic carbocycles. The molecule has 41 heavy (non-hydrogen) atoms. The maximum absolute atomic E-state index is 12.3. The normalized spacial score (nSPS) is 14.0. The monoisotopic (exact) mass is 582 g/mol. The third-order valence-electron chi connectivity index (χ3n) is 8.32. The van der Waals surface area contributed by atoms with Crippen LogP contribution in [-0.2, 0) is 4.79 Å². The summed E-state index contributed by atoms with van der Waals surface area (Å²) < 4.78 is 0. The lowest BCUT2D eigenvalue weighted by Gasteiger charge is -2.21. The van der Waals surface area contributed by atoms with Crippen molar-refractivity contribution in [3.8, 4) is 0 Å². The van der Waals surface area contributed by atoms with Crippen LogP contribution in [-0.4, -0.2) is 46.1 Å². The zero-order valence-electron chi connectivity index (χ0n) is 27.4. The fraction of sp³-hybridized carbons (Fsp3) is 0.917. The van der Waals surface area contributed by atoms with E-state index in [1.807, 2.05) is 6.08 Å². The Labute approximate surface area is 255 Å². The van der Waals surface area contributed by atoms with E-state index in [1.165, 1.54) is 135 Å². The van der Waals surface area contributed by atoms with Gasteiger partial charge in [-0.15, -0.1) is 0 Å². The first-order valence-electron chi connectivity index (χ1n) is 18.0. The van der Waals surface area contributed by atoms with Gasteiger partial charge in [0.25, 0.3) is 0 Å². The van der Waals surface area contributed by atoms with Crippen molar-refractivity contribution in [3.63, 3.8) is 0 Å². The number of carbonyl (C=O) groups excluding carboxylic acids is 1. The zero-order valence-corrected chi connectivity index (χ0v) is 27.4. The highest BCUT2D eigenvalue weighted by Gasteiger charge is 2.20. The molecule has 0 aromatic heterocycles. The smallest absolute Gasteiger partial charge is 0.222 e. The molecule has 4 N–H and O–H groups in total. The Morgan fingerprint density at radius 2 is 1.00 bits per heavy atom. The zero-order chi connectivity index (χ0) is 30.2.